The van der Waals surface area contributed by atoms with Gasteiger partial charge in [0, 0.05) is 12.2 Å². The maximum Gasteiger partial charge on any atom is 0.231 e. The summed E-state index contributed by atoms with van der Waals surface area (Å²) >= 11 is 0. The molecule has 1 fully saturated rings. The molecule has 0 aliphatic carbocycles. The minimum absolute atomic E-state index is 0.0796. The second-order valence-corrected chi connectivity index (χ2v) is 5.37. The molecule has 19 heavy (non-hydrogen) atoms. The molecule has 4 heteroatoms. The first-order chi connectivity index (χ1) is 9.07. The van der Waals surface area contributed by atoms with E-state index in [4.69, 9.17) is 0 Å². The number of benzene rings is 1. The Balaban J connectivity index is 2.15. The third kappa shape index (κ3) is 2.89. The smallest absolute Gasteiger partial charge is 0.231 e. The molecular weight excluding hydrogens is 240 g/mol. The van der Waals surface area contributed by atoms with Crippen molar-refractivity contribution in [1.82, 2.24) is 5.32 Å². The molecule has 0 bridgehead atoms. The Labute approximate surface area is 114 Å². The van der Waals surface area contributed by atoms with Gasteiger partial charge in [-0.25, -0.2) is 0 Å². The molecule has 1 saturated heterocycles. The molecule has 1 amide bonds. The van der Waals surface area contributed by atoms with Gasteiger partial charge >= 0.3 is 0 Å². The van der Waals surface area contributed by atoms with Crippen LogP contribution in [0.3, 0.4) is 0 Å². The minimum atomic E-state index is -0.303. The summed E-state index contributed by atoms with van der Waals surface area (Å²) in [5.41, 5.74) is 1.35. The summed E-state index contributed by atoms with van der Waals surface area (Å²) in [7, 11) is 0. The highest BCUT2D eigenvalue weighted by atomic mass is 16.3. The third-order valence-electron chi connectivity index (χ3n) is 4.09. The van der Waals surface area contributed by atoms with E-state index in [0.29, 0.717) is 0 Å². The number of amides is 1. The van der Waals surface area contributed by atoms with Crippen LogP contribution in [-0.2, 0) is 4.79 Å². The zero-order valence-corrected chi connectivity index (χ0v) is 11.6. The lowest BCUT2D eigenvalue weighted by Gasteiger charge is -2.35. The Morgan fingerprint density at radius 2 is 2.32 bits per heavy atom. The number of hydrogen-bond donors (Lipinski definition) is 3. The van der Waals surface area contributed by atoms with E-state index < -0.39 is 0 Å². The zero-order valence-electron chi connectivity index (χ0n) is 11.6. The van der Waals surface area contributed by atoms with Gasteiger partial charge in [-0.15, -0.1) is 0 Å². The van der Waals surface area contributed by atoms with Gasteiger partial charge in [-0.2, -0.15) is 0 Å². The number of piperidine rings is 1. The van der Waals surface area contributed by atoms with Crippen molar-refractivity contribution in [2.24, 2.45) is 5.41 Å². The standard InChI is InChI=1S/C15H22N2O2/c1-3-15(7-4-8-16-10-15)14(19)17-13-6-5-12(18)9-11(13)2/h5-6,9,16,18H,3-4,7-8,10H2,1-2H3,(H,17,19). The van der Waals surface area contributed by atoms with Crippen LogP contribution in [0.25, 0.3) is 0 Å². The predicted molar refractivity (Wildman–Crippen MR) is 76.3 cm³/mol. The number of carbonyl (C=O) groups is 1. The SMILES string of the molecule is CCC1(C(=O)Nc2ccc(O)cc2C)CCCNC1. The van der Waals surface area contributed by atoms with Crippen LogP contribution in [0.4, 0.5) is 5.69 Å². The molecule has 3 N–H and O–H groups in total. The number of rotatable bonds is 3. The highest BCUT2D eigenvalue weighted by molar-refractivity contribution is 5.96. The Kier molecular flexibility index (Phi) is 4.10. The Morgan fingerprint density at radius 3 is 2.89 bits per heavy atom. The van der Waals surface area contributed by atoms with Crippen molar-refractivity contribution >= 4 is 11.6 Å². The van der Waals surface area contributed by atoms with E-state index >= 15 is 0 Å². The van der Waals surface area contributed by atoms with Crippen LogP contribution in [0, 0.1) is 12.3 Å². The van der Waals surface area contributed by atoms with E-state index in [9.17, 15) is 9.90 Å². The lowest BCUT2D eigenvalue weighted by atomic mass is 9.77. The summed E-state index contributed by atoms with van der Waals surface area (Å²) in [4.78, 5) is 12.5. The maximum absolute atomic E-state index is 12.5. The lowest BCUT2D eigenvalue weighted by Crippen LogP contribution is -2.47. The average molecular weight is 262 g/mol. The first-order valence-electron chi connectivity index (χ1n) is 6.89. The highest BCUT2D eigenvalue weighted by Crippen LogP contribution is 2.32. The molecule has 0 aromatic heterocycles. The fourth-order valence-electron chi connectivity index (χ4n) is 2.67. The molecule has 104 valence electrons. The van der Waals surface area contributed by atoms with Crippen molar-refractivity contribution in [3.8, 4) is 5.75 Å². The topological polar surface area (TPSA) is 61.4 Å². The van der Waals surface area contributed by atoms with Crippen LogP contribution in [0.2, 0.25) is 0 Å². The summed E-state index contributed by atoms with van der Waals surface area (Å²) in [6.07, 6.45) is 2.80. The van der Waals surface area contributed by atoms with Crippen LogP contribution in [-0.4, -0.2) is 24.1 Å². The molecule has 2 rings (SSSR count). The summed E-state index contributed by atoms with van der Waals surface area (Å²) < 4.78 is 0. The molecule has 0 spiro atoms. The van der Waals surface area contributed by atoms with Crippen LogP contribution >= 0.6 is 0 Å². The quantitative estimate of drug-likeness (QED) is 0.733. The maximum atomic E-state index is 12.5. The van der Waals surface area contributed by atoms with Crippen molar-refractivity contribution in [2.45, 2.75) is 33.1 Å². The van der Waals surface area contributed by atoms with E-state index in [1.165, 1.54) is 0 Å². The molecule has 4 nitrogen and oxygen atoms in total. The van der Waals surface area contributed by atoms with Gasteiger partial charge in [0.05, 0.1) is 5.41 Å². The number of phenols is 1. The molecular formula is C15H22N2O2. The van der Waals surface area contributed by atoms with E-state index in [0.717, 1.165) is 43.6 Å². The molecule has 1 aliphatic heterocycles. The Morgan fingerprint density at radius 1 is 1.53 bits per heavy atom. The average Bonchev–Trinajstić information content (AvgIpc) is 2.42. The predicted octanol–water partition coefficient (Wildman–Crippen LogP) is 2.42. The van der Waals surface area contributed by atoms with Gasteiger partial charge in [0.15, 0.2) is 0 Å². The van der Waals surface area contributed by atoms with Gasteiger partial charge in [0.25, 0.3) is 0 Å². The number of hydrogen-bond acceptors (Lipinski definition) is 3. The molecule has 1 atom stereocenters. The van der Waals surface area contributed by atoms with Crippen molar-refractivity contribution in [3.63, 3.8) is 0 Å². The van der Waals surface area contributed by atoms with E-state index in [2.05, 4.69) is 17.6 Å². The monoisotopic (exact) mass is 262 g/mol. The normalized spacial score (nSPS) is 23.1. The summed E-state index contributed by atoms with van der Waals surface area (Å²) in [5.74, 6) is 0.302. The van der Waals surface area contributed by atoms with E-state index in [-0.39, 0.29) is 17.1 Å². The van der Waals surface area contributed by atoms with Crippen molar-refractivity contribution < 1.29 is 9.90 Å². The van der Waals surface area contributed by atoms with Crippen molar-refractivity contribution in [1.29, 1.82) is 0 Å². The number of aryl methyl sites for hydroxylation is 1. The largest absolute Gasteiger partial charge is 0.508 e. The number of aromatic hydroxyl groups is 1. The Bertz CT molecular complexity index is 465. The van der Waals surface area contributed by atoms with Gasteiger partial charge in [-0.1, -0.05) is 6.92 Å². The minimum Gasteiger partial charge on any atom is -0.508 e. The van der Waals surface area contributed by atoms with Gasteiger partial charge in [-0.05, 0) is 56.5 Å². The lowest BCUT2D eigenvalue weighted by molar-refractivity contribution is -0.126. The molecule has 0 saturated carbocycles. The molecule has 1 heterocycles. The van der Waals surface area contributed by atoms with E-state index in [1.54, 1.807) is 18.2 Å². The summed E-state index contributed by atoms with van der Waals surface area (Å²) in [6, 6.07) is 5.01. The summed E-state index contributed by atoms with van der Waals surface area (Å²) in [5, 5.41) is 15.7. The molecule has 1 aromatic carbocycles. The van der Waals surface area contributed by atoms with Gasteiger partial charge in [0.2, 0.25) is 5.91 Å². The Hall–Kier alpha value is -1.55. The van der Waals surface area contributed by atoms with Crippen molar-refractivity contribution in [3.05, 3.63) is 23.8 Å². The molecule has 1 aromatic rings. The molecule has 1 aliphatic rings. The van der Waals surface area contributed by atoms with Gasteiger partial charge in [0.1, 0.15) is 5.75 Å². The number of phenolic OH excluding ortho intramolecular Hbond substituents is 1. The van der Waals surface area contributed by atoms with Gasteiger partial charge in [-0.3, -0.25) is 4.79 Å². The van der Waals surface area contributed by atoms with Crippen LogP contribution < -0.4 is 10.6 Å². The second kappa shape index (κ2) is 5.61. The third-order valence-corrected chi connectivity index (χ3v) is 4.09. The molecule has 1 unspecified atom stereocenters. The van der Waals surface area contributed by atoms with Crippen LogP contribution in [0.1, 0.15) is 31.7 Å². The number of nitrogens with one attached hydrogen (secondary N) is 2. The second-order valence-electron chi connectivity index (χ2n) is 5.37. The first-order valence-corrected chi connectivity index (χ1v) is 6.89. The zero-order chi connectivity index (χ0) is 13.9. The van der Waals surface area contributed by atoms with Crippen molar-refractivity contribution in [2.75, 3.05) is 18.4 Å². The fraction of sp³-hybridized carbons (Fsp3) is 0.533. The van der Waals surface area contributed by atoms with Crippen LogP contribution in [0.15, 0.2) is 18.2 Å². The molecule has 0 radical (unpaired) electrons. The van der Waals surface area contributed by atoms with Gasteiger partial charge < -0.3 is 15.7 Å². The summed E-state index contributed by atoms with van der Waals surface area (Å²) in [6.45, 7) is 5.68. The number of anilines is 1. The number of carbonyl (C=O) groups excluding carboxylic acids is 1. The van der Waals surface area contributed by atoms with Crippen LogP contribution in [0.5, 0.6) is 5.75 Å². The van der Waals surface area contributed by atoms with E-state index in [1.807, 2.05) is 6.92 Å². The highest BCUT2D eigenvalue weighted by Gasteiger charge is 2.37. The first kappa shape index (κ1) is 13.9. The fourth-order valence-corrected chi connectivity index (χ4v) is 2.67.